The molecule has 1 aromatic heterocycles. The molecule has 1 aromatic carbocycles. The Morgan fingerprint density at radius 3 is 2.82 bits per heavy atom. The third-order valence-electron chi connectivity index (χ3n) is 3.96. The van der Waals surface area contributed by atoms with Crippen molar-refractivity contribution in [3.05, 3.63) is 40.0 Å². The van der Waals surface area contributed by atoms with Crippen molar-refractivity contribution in [1.29, 1.82) is 0 Å². The van der Waals surface area contributed by atoms with Gasteiger partial charge >= 0.3 is 5.97 Å². The molecule has 1 aliphatic heterocycles. The average Bonchev–Trinajstić information content (AvgIpc) is 2.95. The van der Waals surface area contributed by atoms with Crippen molar-refractivity contribution in [2.24, 2.45) is 5.92 Å². The standard InChI is InChI=1S/C16H15BrN2O3/c1-9-6-13(12-3-2-11(17)7-14(12)18-9)15(20)19-5-4-10(8-19)16(21)22/h2-3,6-7,10H,4-5,8H2,1H3,(H,21,22)/t10-/m1/s1. The van der Waals surface area contributed by atoms with Crippen molar-refractivity contribution < 1.29 is 14.7 Å². The van der Waals surface area contributed by atoms with Crippen molar-refractivity contribution >= 4 is 38.7 Å². The molecule has 1 atom stereocenters. The Kier molecular flexibility index (Phi) is 3.87. The molecule has 1 aliphatic rings. The fourth-order valence-corrected chi connectivity index (χ4v) is 3.18. The second kappa shape index (κ2) is 5.68. The van der Waals surface area contributed by atoms with E-state index in [-0.39, 0.29) is 12.5 Å². The smallest absolute Gasteiger partial charge is 0.308 e. The molecule has 0 aliphatic carbocycles. The maximum atomic E-state index is 12.8. The molecule has 1 N–H and O–H groups in total. The molecule has 0 radical (unpaired) electrons. The van der Waals surface area contributed by atoms with Gasteiger partial charge in [-0.2, -0.15) is 0 Å². The number of carbonyl (C=O) groups is 2. The third kappa shape index (κ3) is 2.70. The van der Waals surface area contributed by atoms with Crippen LogP contribution < -0.4 is 0 Å². The summed E-state index contributed by atoms with van der Waals surface area (Å²) in [5.41, 5.74) is 2.11. The summed E-state index contributed by atoms with van der Waals surface area (Å²) in [5.74, 6) is -1.43. The fraction of sp³-hybridized carbons (Fsp3) is 0.312. The lowest BCUT2D eigenvalue weighted by molar-refractivity contribution is -0.141. The second-order valence-corrected chi connectivity index (χ2v) is 6.46. The van der Waals surface area contributed by atoms with Crippen molar-refractivity contribution in [2.75, 3.05) is 13.1 Å². The van der Waals surface area contributed by atoms with Crippen molar-refractivity contribution in [3.8, 4) is 0 Å². The minimum atomic E-state index is -0.838. The first kappa shape index (κ1) is 15.0. The van der Waals surface area contributed by atoms with E-state index in [1.165, 1.54) is 0 Å². The normalized spacial score (nSPS) is 17.9. The first-order valence-corrected chi connectivity index (χ1v) is 7.84. The van der Waals surface area contributed by atoms with E-state index in [2.05, 4.69) is 20.9 Å². The van der Waals surface area contributed by atoms with Gasteiger partial charge in [0.25, 0.3) is 5.91 Å². The Labute approximate surface area is 136 Å². The highest BCUT2D eigenvalue weighted by atomic mass is 79.9. The van der Waals surface area contributed by atoms with Crippen LogP contribution in [0.3, 0.4) is 0 Å². The van der Waals surface area contributed by atoms with E-state index in [0.717, 1.165) is 21.1 Å². The van der Waals surface area contributed by atoms with Gasteiger partial charge in [0, 0.05) is 28.6 Å². The zero-order chi connectivity index (χ0) is 15.9. The van der Waals surface area contributed by atoms with Crippen molar-refractivity contribution in [1.82, 2.24) is 9.88 Å². The lowest BCUT2D eigenvalue weighted by atomic mass is 10.1. The maximum Gasteiger partial charge on any atom is 0.308 e. The number of amides is 1. The molecule has 2 heterocycles. The van der Waals surface area contributed by atoms with E-state index < -0.39 is 11.9 Å². The van der Waals surface area contributed by atoms with Crippen LogP contribution in [0.25, 0.3) is 10.9 Å². The number of likely N-dealkylation sites (tertiary alicyclic amines) is 1. The van der Waals surface area contributed by atoms with Crippen LogP contribution in [0.4, 0.5) is 0 Å². The Balaban J connectivity index is 1.99. The first-order valence-electron chi connectivity index (χ1n) is 7.04. The molecule has 0 unspecified atom stereocenters. The van der Waals surface area contributed by atoms with Crippen molar-refractivity contribution in [2.45, 2.75) is 13.3 Å². The molecule has 2 aromatic rings. The molecule has 3 rings (SSSR count). The van der Waals surface area contributed by atoms with Gasteiger partial charge in [0.1, 0.15) is 0 Å². The maximum absolute atomic E-state index is 12.8. The Bertz CT molecular complexity index is 770. The lowest BCUT2D eigenvalue weighted by Gasteiger charge is -2.17. The third-order valence-corrected chi connectivity index (χ3v) is 4.45. The number of aromatic nitrogens is 1. The number of hydrogen-bond donors (Lipinski definition) is 1. The van der Waals surface area contributed by atoms with Crippen LogP contribution in [0, 0.1) is 12.8 Å². The van der Waals surface area contributed by atoms with Crippen LogP contribution in [0.15, 0.2) is 28.7 Å². The minimum Gasteiger partial charge on any atom is -0.481 e. The molecule has 1 fully saturated rings. The van der Waals surface area contributed by atoms with Gasteiger partial charge in [-0.15, -0.1) is 0 Å². The molecule has 0 bridgehead atoms. The van der Waals surface area contributed by atoms with Gasteiger partial charge in [-0.3, -0.25) is 14.6 Å². The predicted octanol–water partition coefficient (Wildman–Crippen LogP) is 2.85. The summed E-state index contributed by atoms with van der Waals surface area (Å²) >= 11 is 3.41. The molecule has 5 nitrogen and oxygen atoms in total. The van der Waals surface area contributed by atoms with Gasteiger partial charge in [0.2, 0.25) is 0 Å². The fourth-order valence-electron chi connectivity index (χ4n) is 2.83. The molecular formula is C16H15BrN2O3. The zero-order valence-electron chi connectivity index (χ0n) is 12.0. The van der Waals surface area contributed by atoms with E-state index in [1.807, 2.05) is 25.1 Å². The lowest BCUT2D eigenvalue weighted by Crippen LogP contribution is -2.30. The monoisotopic (exact) mass is 362 g/mol. The predicted molar refractivity (Wildman–Crippen MR) is 85.8 cm³/mol. The Morgan fingerprint density at radius 2 is 2.14 bits per heavy atom. The van der Waals surface area contributed by atoms with E-state index in [0.29, 0.717) is 18.5 Å². The van der Waals surface area contributed by atoms with Gasteiger partial charge in [-0.05, 0) is 31.5 Å². The van der Waals surface area contributed by atoms with Gasteiger partial charge < -0.3 is 10.0 Å². The number of halogens is 1. The highest BCUT2D eigenvalue weighted by molar-refractivity contribution is 9.10. The first-order chi connectivity index (χ1) is 10.5. The van der Waals surface area contributed by atoms with E-state index in [4.69, 9.17) is 5.11 Å². The Hall–Kier alpha value is -1.95. The second-order valence-electron chi connectivity index (χ2n) is 5.55. The van der Waals surface area contributed by atoms with Gasteiger partial charge in [0.05, 0.1) is 17.0 Å². The van der Waals surface area contributed by atoms with Crippen LogP contribution in [-0.2, 0) is 4.79 Å². The molecule has 0 spiro atoms. The molecule has 1 amide bonds. The number of carbonyl (C=O) groups excluding carboxylic acids is 1. The molecule has 0 saturated carbocycles. The molecule has 114 valence electrons. The summed E-state index contributed by atoms with van der Waals surface area (Å²) < 4.78 is 0.906. The number of pyridine rings is 1. The quantitative estimate of drug-likeness (QED) is 0.891. The van der Waals surface area contributed by atoms with Crippen LogP contribution in [0.1, 0.15) is 22.5 Å². The van der Waals surface area contributed by atoms with Crippen molar-refractivity contribution in [3.63, 3.8) is 0 Å². The number of carboxylic acids is 1. The average molecular weight is 363 g/mol. The van der Waals surface area contributed by atoms with E-state index in [1.54, 1.807) is 11.0 Å². The minimum absolute atomic E-state index is 0.124. The zero-order valence-corrected chi connectivity index (χ0v) is 13.6. The van der Waals surface area contributed by atoms with Crippen LogP contribution in [0.5, 0.6) is 0 Å². The number of hydrogen-bond acceptors (Lipinski definition) is 3. The molecule has 6 heteroatoms. The van der Waals surface area contributed by atoms with Crippen LogP contribution >= 0.6 is 15.9 Å². The number of aliphatic carboxylic acids is 1. The van der Waals surface area contributed by atoms with Gasteiger partial charge in [0.15, 0.2) is 0 Å². The SMILES string of the molecule is Cc1cc(C(=O)N2CC[C@@H](C(=O)O)C2)c2ccc(Br)cc2n1. The number of fused-ring (bicyclic) bond motifs is 1. The summed E-state index contributed by atoms with van der Waals surface area (Å²) in [5, 5.41) is 9.87. The molecule has 1 saturated heterocycles. The van der Waals surface area contributed by atoms with Gasteiger partial charge in [-0.25, -0.2) is 0 Å². The number of benzene rings is 1. The summed E-state index contributed by atoms with van der Waals surface area (Å²) in [6.07, 6.45) is 0.509. The topological polar surface area (TPSA) is 70.5 Å². The van der Waals surface area contributed by atoms with Crippen LogP contribution in [-0.4, -0.2) is 40.0 Å². The largest absolute Gasteiger partial charge is 0.481 e. The number of carboxylic acid groups (broad SMARTS) is 1. The molecular weight excluding hydrogens is 348 g/mol. The highest BCUT2D eigenvalue weighted by Gasteiger charge is 2.31. The number of aryl methyl sites for hydroxylation is 1. The number of rotatable bonds is 2. The molecule has 22 heavy (non-hydrogen) atoms. The van der Waals surface area contributed by atoms with E-state index >= 15 is 0 Å². The number of nitrogens with zero attached hydrogens (tertiary/aromatic N) is 2. The summed E-state index contributed by atoms with van der Waals surface area (Å²) in [6.45, 7) is 2.60. The summed E-state index contributed by atoms with van der Waals surface area (Å²) in [4.78, 5) is 29.9. The Morgan fingerprint density at radius 1 is 1.36 bits per heavy atom. The summed E-state index contributed by atoms with van der Waals surface area (Å²) in [7, 11) is 0. The van der Waals surface area contributed by atoms with Crippen LogP contribution in [0.2, 0.25) is 0 Å². The van der Waals surface area contributed by atoms with Gasteiger partial charge in [-0.1, -0.05) is 22.0 Å². The highest BCUT2D eigenvalue weighted by Crippen LogP contribution is 2.26. The van der Waals surface area contributed by atoms with E-state index in [9.17, 15) is 9.59 Å². The summed E-state index contributed by atoms with van der Waals surface area (Å²) in [6, 6.07) is 7.39.